The van der Waals surface area contributed by atoms with E-state index >= 15 is 0 Å². The predicted octanol–water partition coefficient (Wildman–Crippen LogP) is 1.69. The minimum absolute atomic E-state index is 0.0987. The molecule has 1 aromatic carbocycles. The Morgan fingerprint density at radius 1 is 1.57 bits per heavy atom. The average Bonchev–Trinajstić information content (AvgIpc) is 2.88. The smallest absolute Gasteiger partial charge is 0.278 e. The molecule has 1 aromatic heterocycles. The molecule has 0 radical (unpaired) electrons. The number of nitrogen functional groups attached to an aromatic ring is 1. The van der Waals surface area contributed by atoms with Crippen LogP contribution in [0.4, 0.5) is 11.4 Å². The summed E-state index contributed by atoms with van der Waals surface area (Å²) in [6, 6.07) is 6.92. The van der Waals surface area contributed by atoms with E-state index in [1.165, 1.54) is 7.11 Å². The molecular formula is C14H15N5O2. The van der Waals surface area contributed by atoms with Crippen LogP contribution >= 0.6 is 0 Å². The van der Waals surface area contributed by atoms with E-state index in [2.05, 4.69) is 15.5 Å². The Balaban J connectivity index is 2.36. The topological polar surface area (TPSA) is 117 Å². The number of aryl methyl sites for hydroxylation is 1. The van der Waals surface area contributed by atoms with Crippen LogP contribution in [0.5, 0.6) is 5.75 Å². The average molecular weight is 285 g/mol. The van der Waals surface area contributed by atoms with Crippen LogP contribution in [-0.2, 0) is 6.42 Å². The second kappa shape index (κ2) is 5.96. The molecule has 0 spiro atoms. The number of anilines is 2. The molecule has 0 saturated heterocycles. The number of nitriles is 1. The molecule has 2 rings (SSSR count). The highest BCUT2D eigenvalue weighted by atomic mass is 16.5. The van der Waals surface area contributed by atoms with E-state index in [4.69, 9.17) is 15.7 Å². The number of methoxy groups -OCH3 is 1. The Hall–Kier alpha value is -3.01. The summed E-state index contributed by atoms with van der Waals surface area (Å²) >= 11 is 0. The van der Waals surface area contributed by atoms with Crippen molar-refractivity contribution in [3.8, 4) is 11.8 Å². The van der Waals surface area contributed by atoms with E-state index in [0.29, 0.717) is 34.8 Å². The SMILES string of the molecule is CCc1[nH]nc(C(=O)Nc2c(C#N)cccc2OC)c1N. The molecule has 7 nitrogen and oxygen atoms in total. The number of nitrogens with one attached hydrogen (secondary N) is 2. The van der Waals surface area contributed by atoms with Gasteiger partial charge in [-0.2, -0.15) is 10.4 Å². The van der Waals surface area contributed by atoms with Crippen LogP contribution in [0.1, 0.15) is 28.7 Å². The van der Waals surface area contributed by atoms with Crippen molar-refractivity contribution < 1.29 is 9.53 Å². The van der Waals surface area contributed by atoms with Crippen molar-refractivity contribution in [1.82, 2.24) is 10.2 Å². The Kier molecular flexibility index (Phi) is 4.09. The van der Waals surface area contributed by atoms with Crippen LogP contribution in [0.3, 0.4) is 0 Å². The van der Waals surface area contributed by atoms with Crippen molar-refractivity contribution in [3.63, 3.8) is 0 Å². The zero-order chi connectivity index (χ0) is 15.4. The van der Waals surface area contributed by atoms with Crippen LogP contribution in [-0.4, -0.2) is 23.2 Å². The summed E-state index contributed by atoms with van der Waals surface area (Å²) in [5, 5.41) is 18.4. The molecule has 7 heteroatoms. The van der Waals surface area contributed by atoms with Gasteiger partial charge in [-0.25, -0.2) is 0 Å². The molecule has 21 heavy (non-hydrogen) atoms. The molecule has 108 valence electrons. The predicted molar refractivity (Wildman–Crippen MR) is 78.0 cm³/mol. The van der Waals surface area contributed by atoms with Gasteiger partial charge in [0.1, 0.15) is 17.5 Å². The van der Waals surface area contributed by atoms with Gasteiger partial charge < -0.3 is 15.8 Å². The number of carbonyl (C=O) groups is 1. The summed E-state index contributed by atoms with van der Waals surface area (Å²) < 4.78 is 5.16. The van der Waals surface area contributed by atoms with Gasteiger partial charge in [0.15, 0.2) is 5.69 Å². The molecule has 0 unspecified atom stereocenters. The lowest BCUT2D eigenvalue weighted by Gasteiger charge is -2.10. The fourth-order valence-corrected chi connectivity index (χ4v) is 1.93. The zero-order valence-electron chi connectivity index (χ0n) is 11.7. The molecule has 1 amide bonds. The van der Waals surface area contributed by atoms with E-state index in [0.717, 1.165) is 0 Å². The Morgan fingerprint density at radius 3 is 2.90 bits per heavy atom. The summed E-state index contributed by atoms with van der Waals surface area (Å²) in [5.74, 6) is -0.100. The van der Waals surface area contributed by atoms with Gasteiger partial charge in [-0.15, -0.1) is 0 Å². The Bertz CT molecular complexity index is 715. The first-order valence-corrected chi connectivity index (χ1v) is 6.33. The van der Waals surface area contributed by atoms with Gasteiger partial charge in [0.05, 0.1) is 24.1 Å². The molecule has 0 bridgehead atoms. The summed E-state index contributed by atoms with van der Waals surface area (Å²) in [6.07, 6.45) is 0.643. The number of para-hydroxylation sites is 1. The molecule has 0 aliphatic carbocycles. The third-order valence-electron chi connectivity index (χ3n) is 3.06. The van der Waals surface area contributed by atoms with Crippen molar-refractivity contribution in [1.29, 1.82) is 5.26 Å². The van der Waals surface area contributed by atoms with Gasteiger partial charge in [-0.3, -0.25) is 9.89 Å². The number of amides is 1. The lowest BCUT2D eigenvalue weighted by Crippen LogP contribution is -2.16. The monoisotopic (exact) mass is 285 g/mol. The maximum Gasteiger partial charge on any atom is 0.278 e. The maximum atomic E-state index is 12.3. The first-order valence-electron chi connectivity index (χ1n) is 6.33. The van der Waals surface area contributed by atoms with E-state index in [1.807, 2.05) is 13.0 Å². The van der Waals surface area contributed by atoms with Gasteiger partial charge in [0.2, 0.25) is 0 Å². The van der Waals surface area contributed by atoms with Crippen molar-refractivity contribution >= 4 is 17.3 Å². The van der Waals surface area contributed by atoms with Gasteiger partial charge in [-0.1, -0.05) is 13.0 Å². The highest BCUT2D eigenvalue weighted by molar-refractivity contribution is 6.07. The van der Waals surface area contributed by atoms with E-state index in [-0.39, 0.29) is 5.69 Å². The molecule has 0 aliphatic rings. The Labute approximate surface area is 121 Å². The summed E-state index contributed by atoms with van der Waals surface area (Å²) in [7, 11) is 1.46. The van der Waals surface area contributed by atoms with Crippen molar-refractivity contribution in [2.45, 2.75) is 13.3 Å². The normalized spacial score (nSPS) is 9.95. The number of hydrogen-bond donors (Lipinski definition) is 3. The second-order valence-corrected chi connectivity index (χ2v) is 4.27. The molecule has 4 N–H and O–H groups in total. The largest absolute Gasteiger partial charge is 0.495 e. The number of nitrogens with two attached hydrogens (primary N) is 1. The van der Waals surface area contributed by atoms with Crippen LogP contribution < -0.4 is 15.8 Å². The van der Waals surface area contributed by atoms with Crippen molar-refractivity contribution in [2.75, 3.05) is 18.2 Å². The number of ether oxygens (including phenoxy) is 1. The highest BCUT2D eigenvalue weighted by Crippen LogP contribution is 2.28. The van der Waals surface area contributed by atoms with Crippen LogP contribution in [0, 0.1) is 11.3 Å². The minimum atomic E-state index is -0.496. The molecule has 0 fully saturated rings. The summed E-state index contributed by atoms with van der Waals surface area (Å²) in [6.45, 7) is 1.90. The maximum absolute atomic E-state index is 12.3. The molecule has 0 aliphatic heterocycles. The van der Waals surface area contributed by atoms with Crippen LogP contribution in [0.25, 0.3) is 0 Å². The highest BCUT2D eigenvalue weighted by Gasteiger charge is 2.19. The Morgan fingerprint density at radius 2 is 2.33 bits per heavy atom. The number of rotatable bonds is 4. The van der Waals surface area contributed by atoms with Gasteiger partial charge in [0.25, 0.3) is 5.91 Å². The van der Waals surface area contributed by atoms with Crippen LogP contribution in [0.15, 0.2) is 18.2 Å². The third-order valence-corrected chi connectivity index (χ3v) is 3.06. The summed E-state index contributed by atoms with van der Waals surface area (Å²) in [5.41, 5.74) is 7.56. The molecule has 0 saturated carbocycles. The van der Waals surface area contributed by atoms with Crippen molar-refractivity contribution in [2.24, 2.45) is 0 Å². The number of benzene rings is 1. The number of aromatic amines is 1. The number of hydrogen-bond acceptors (Lipinski definition) is 5. The van der Waals surface area contributed by atoms with Crippen LogP contribution in [0.2, 0.25) is 0 Å². The number of nitrogens with zero attached hydrogens (tertiary/aromatic N) is 2. The zero-order valence-corrected chi connectivity index (χ0v) is 11.7. The quantitative estimate of drug-likeness (QED) is 0.790. The fourth-order valence-electron chi connectivity index (χ4n) is 1.93. The molecular weight excluding hydrogens is 270 g/mol. The van der Waals surface area contributed by atoms with E-state index in [9.17, 15) is 4.79 Å². The lowest BCUT2D eigenvalue weighted by molar-refractivity contribution is 0.102. The van der Waals surface area contributed by atoms with Gasteiger partial charge >= 0.3 is 0 Å². The van der Waals surface area contributed by atoms with E-state index in [1.54, 1.807) is 18.2 Å². The molecule has 2 aromatic rings. The number of aromatic nitrogens is 2. The minimum Gasteiger partial charge on any atom is -0.495 e. The lowest BCUT2D eigenvalue weighted by atomic mass is 10.1. The third kappa shape index (κ3) is 2.65. The first-order chi connectivity index (χ1) is 10.1. The van der Waals surface area contributed by atoms with E-state index < -0.39 is 5.91 Å². The number of carbonyl (C=O) groups excluding carboxylic acids is 1. The standard InChI is InChI=1S/C14H15N5O2/c1-3-9-11(16)13(19-18-9)14(20)17-12-8(7-15)5-4-6-10(12)21-2/h4-6H,3,16H2,1-2H3,(H,17,20)(H,18,19). The van der Waals surface area contributed by atoms with Gasteiger partial charge in [0, 0.05) is 0 Å². The first kappa shape index (κ1) is 14.4. The molecule has 0 atom stereocenters. The second-order valence-electron chi connectivity index (χ2n) is 4.27. The number of H-pyrrole nitrogens is 1. The van der Waals surface area contributed by atoms with Crippen molar-refractivity contribution in [3.05, 3.63) is 35.2 Å². The fraction of sp³-hybridized carbons (Fsp3) is 0.214. The molecule has 1 heterocycles. The van der Waals surface area contributed by atoms with Gasteiger partial charge in [-0.05, 0) is 18.6 Å². The summed E-state index contributed by atoms with van der Waals surface area (Å²) in [4.78, 5) is 12.3.